The summed E-state index contributed by atoms with van der Waals surface area (Å²) in [5.41, 5.74) is -0.290. The molecule has 3 aromatic carbocycles. The molecule has 3 heterocycles. The molecule has 0 spiro atoms. The highest BCUT2D eigenvalue weighted by molar-refractivity contribution is 7.90. The van der Waals surface area contributed by atoms with Gasteiger partial charge in [0, 0.05) is 45.3 Å². The number of nitrogens with one attached hydrogen (secondary N) is 2. The highest BCUT2D eigenvalue weighted by Crippen LogP contribution is 2.35. The number of benzene rings is 3. The molecule has 6 rings (SSSR count). The number of hydrogen-bond acceptors (Lipinski definition) is 8. The number of fused-ring (bicyclic) bond motifs is 1. The van der Waals surface area contributed by atoms with Crippen LogP contribution in [-0.4, -0.2) is 67.7 Å². The molecule has 15 heteroatoms. The van der Waals surface area contributed by atoms with Crippen LogP contribution in [0.3, 0.4) is 0 Å². The Morgan fingerprint density at radius 1 is 1.05 bits per heavy atom. The van der Waals surface area contributed by atoms with E-state index >= 15 is 4.39 Å². The molecule has 4 aromatic rings. The van der Waals surface area contributed by atoms with E-state index in [1.165, 1.54) is 35.2 Å². The van der Waals surface area contributed by atoms with Crippen LogP contribution in [0.1, 0.15) is 12.0 Å². The fraction of sp³-hybridized carbons (Fsp3) is 0.276. The van der Waals surface area contributed by atoms with E-state index in [0.717, 1.165) is 29.5 Å². The summed E-state index contributed by atoms with van der Waals surface area (Å²) in [6.07, 6.45) is 0.00903. The van der Waals surface area contributed by atoms with Gasteiger partial charge in [-0.15, -0.1) is 0 Å². The van der Waals surface area contributed by atoms with Crippen LogP contribution in [0.5, 0.6) is 11.5 Å². The lowest BCUT2D eigenvalue weighted by Crippen LogP contribution is -2.43. The lowest BCUT2D eigenvalue weighted by Gasteiger charge is -2.29. The van der Waals surface area contributed by atoms with Crippen LogP contribution in [0.25, 0.3) is 16.6 Å². The molecule has 2 aliphatic rings. The fourth-order valence-corrected chi connectivity index (χ4v) is 6.52. The molecular formula is C29H26F3N7O4S. The topological polar surface area (TPSA) is 133 Å². The maximum atomic E-state index is 15.1. The molecule has 0 saturated carbocycles. The second-order valence-electron chi connectivity index (χ2n) is 10.3. The van der Waals surface area contributed by atoms with E-state index in [9.17, 15) is 27.3 Å². The smallest absolute Gasteiger partial charge is 0.301 e. The summed E-state index contributed by atoms with van der Waals surface area (Å²) in [4.78, 5) is 19.7. The highest BCUT2D eigenvalue weighted by atomic mass is 32.2. The van der Waals surface area contributed by atoms with Crippen molar-refractivity contribution in [2.75, 3.05) is 48.9 Å². The van der Waals surface area contributed by atoms with Crippen molar-refractivity contribution in [2.45, 2.75) is 12.6 Å². The molecule has 2 aliphatic heterocycles. The predicted octanol–water partition coefficient (Wildman–Crippen LogP) is 3.44. The molecule has 228 valence electrons. The van der Waals surface area contributed by atoms with Crippen LogP contribution in [0.2, 0.25) is 0 Å². The Balaban J connectivity index is 1.31. The van der Waals surface area contributed by atoms with Crippen molar-refractivity contribution in [3.63, 3.8) is 0 Å². The molecule has 1 atom stereocenters. The number of piperazine rings is 1. The molecule has 0 radical (unpaired) electrons. The number of aromatic nitrogens is 2. The van der Waals surface area contributed by atoms with Crippen molar-refractivity contribution in [1.82, 2.24) is 19.2 Å². The van der Waals surface area contributed by atoms with E-state index in [1.54, 1.807) is 18.2 Å². The Morgan fingerprint density at radius 2 is 1.84 bits per heavy atom. The molecule has 0 amide bonds. The van der Waals surface area contributed by atoms with Crippen LogP contribution in [0.4, 0.5) is 24.5 Å². The molecule has 11 nitrogen and oxygen atoms in total. The van der Waals surface area contributed by atoms with Crippen molar-refractivity contribution in [3.8, 4) is 23.3 Å². The highest BCUT2D eigenvalue weighted by Gasteiger charge is 2.32. The Morgan fingerprint density at radius 3 is 2.55 bits per heavy atom. The second kappa shape index (κ2) is 11.8. The standard InChI is InChI=1S/C29H26F3N7O4S/c30-18-7-10-38(16-18)44(41,42)36-26-5-3-23(31)28(22(26)15-33)43-20-2-4-25-21(14-20)29(40)39(17-35-25)19-1-6-27(24(32)13-19)37-11-8-34-9-12-37/h1-6,13-14,17-18,34,36H,7-12,16H2/t18-/m1/s1. The molecule has 2 N–H and O–H groups in total. The Hall–Kier alpha value is -4.65. The third kappa shape index (κ3) is 5.66. The molecule has 0 unspecified atom stereocenters. The lowest BCUT2D eigenvalue weighted by atomic mass is 10.1. The normalized spacial score (nSPS) is 17.5. The van der Waals surface area contributed by atoms with Gasteiger partial charge in [-0.05, 0) is 48.9 Å². The lowest BCUT2D eigenvalue weighted by molar-refractivity contribution is 0.343. The molecule has 0 bridgehead atoms. The summed E-state index contributed by atoms with van der Waals surface area (Å²) in [5.74, 6) is -2.06. The average molecular weight is 626 g/mol. The van der Waals surface area contributed by atoms with Crippen LogP contribution in [0.15, 0.2) is 59.7 Å². The van der Waals surface area contributed by atoms with Crippen molar-refractivity contribution < 1.29 is 26.3 Å². The number of alkyl halides is 1. The molecule has 44 heavy (non-hydrogen) atoms. The van der Waals surface area contributed by atoms with E-state index in [2.05, 4.69) is 15.0 Å². The van der Waals surface area contributed by atoms with Gasteiger partial charge in [0.2, 0.25) is 0 Å². The Kier molecular flexibility index (Phi) is 7.89. The average Bonchev–Trinajstić information content (AvgIpc) is 3.47. The quantitative estimate of drug-likeness (QED) is 0.319. The first-order chi connectivity index (χ1) is 21.1. The molecule has 2 saturated heterocycles. The SMILES string of the molecule is N#Cc1c(NS(=O)(=O)N2CC[C@@H](F)C2)ccc(F)c1Oc1ccc2ncn(-c3ccc(N4CCNCC4)c(F)c3)c(=O)c2c1. The van der Waals surface area contributed by atoms with Crippen molar-refractivity contribution in [2.24, 2.45) is 0 Å². The molecule has 0 aliphatic carbocycles. The summed E-state index contributed by atoms with van der Waals surface area (Å²) < 4.78 is 79.1. The summed E-state index contributed by atoms with van der Waals surface area (Å²) in [7, 11) is -4.23. The van der Waals surface area contributed by atoms with Gasteiger partial charge in [-0.3, -0.25) is 14.1 Å². The van der Waals surface area contributed by atoms with Gasteiger partial charge in [0.05, 0.1) is 28.0 Å². The predicted molar refractivity (Wildman–Crippen MR) is 157 cm³/mol. The third-order valence-corrected chi connectivity index (χ3v) is 9.00. The number of rotatable bonds is 7. The van der Waals surface area contributed by atoms with Gasteiger partial charge in [0.15, 0.2) is 11.6 Å². The summed E-state index contributed by atoms with van der Waals surface area (Å²) in [6.45, 7) is 2.39. The number of ether oxygens (including phenoxy) is 1. The van der Waals surface area contributed by atoms with Crippen LogP contribution in [0, 0.1) is 23.0 Å². The minimum Gasteiger partial charge on any atom is -0.453 e. The van der Waals surface area contributed by atoms with Gasteiger partial charge in [-0.2, -0.15) is 18.0 Å². The number of hydrogen-bond donors (Lipinski definition) is 2. The first-order valence-electron chi connectivity index (χ1n) is 13.7. The summed E-state index contributed by atoms with van der Waals surface area (Å²) >= 11 is 0. The van der Waals surface area contributed by atoms with Gasteiger partial charge in [0.25, 0.3) is 5.56 Å². The monoisotopic (exact) mass is 625 g/mol. The minimum atomic E-state index is -4.23. The maximum absolute atomic E-state index is 15.1. The van der Waals surface area contributed by atoms with E-state index in [0.29, 0.717) is 18.8 Å². The van der Waals surface area contributed by atoms with Crippen molar-refractivity contribution in [1.29, 1.82) is 5.26 Å². The first-order valence-corrected chi connectivity index (χ1v) is 15.2. The van der Waals surface area contributed by atoms with E-state index < -0.39 is 44.9 Å². The number of nitrogens with zero attached hydrogens (tertiary/aromatic N) is 5. The zero-order chi connectivity index (χ0) is 31.0. The van der Waals surface area contributed by atoms with Crippen molar-refractivity contribution >= 4 is 32.5 Å². The van der Waals surface area contributed by atoms with Crippen molar-refractivity contribution in [3.05, 3.63) is 82.4 Å². The van der Waals surface area contributed by atoms with E-state index in [-0.39, 0.29) is 47.5 Å². The van der Waals surface area contributed by atoms with Gasteiger partial charge in [-0.1, -0.05) is 0 Å². The summed E-state index contributed by atoms with van der Waals surface area (Å²) in [6, 6.07) is 12.4. The number of anilines is 2. The van der Waals surface area contributed by atoms with Gasteiger partial charge in [-0.25, -0.2) is 18.2 Å². The third-order valence-electron chi connectivity index (χ3n) is 7.51. The number of halogens is 3. The van der Waals surface area contributed by atoms with Gasteiger partial charge >= 0.3 is 10.2 Å². The van der Waals surface area contributed by atoms with E-state index in [4.69, 9.17) is 4.74 Å². The zero-order valence-electron chi connectivity index (χ0n) is 23.1. The van der Waals surface area contributed by atoms with Crippen LogP contribution >= 0.6 is 0 Å². The minimum absolute atomic E-state index is 0.0374. The largest absolute Gasteiger partial charge is 0.453 e. The second-order valence-corrected chi connectivity index (χ2v) is 12.0. The van der Waals surface area contributed by atoms with Gasteiger partial charge < -0.3 is 15.0 Å². The van der Waals surface area contributed by atoms with Crippen LogP contribution < -0.4 is 25.2 Å². The number of nitriles is 1. The Labute approximate surface area is 250 Å². The Bertz CT molecular complexity index is 1960. The van der Waals surface area contributed by atoms with Gasteiger partial charge in [0.1, 0.15) is 35.7 Å². The maximum Gasteiger partial charge on any atom is 0.301 e. The molecule has 2 fully saturated rings. The summed E-state index contributed by atoms with van der Waals surface area (Å²) in [5, 5.41) is 13.1. The fourth-order valence-electron chi connectivity index (χ4n) is 5.24. The zero-order valence-corrected chi connectivity index (χ0v) is 24.0. The molecule has 1 aromatic heterocycles. The first kappa shape index (κ1) is 29.4. The van der Waals surface area contributed by atoms with Crippen LogP contribution in [-0.2, 0) is 10.2 Å². The molecular weight excluding hydrogens is 599 g/mol. The van der Waals surface area contributed by atoms with E-state index in [1.807, 2.05) is 4.90 Å².